The van der Waals surface area contributed by atoms with Gasteiger partial charge in [-0.1, -0.05) is 12.1 Å². The summed E-state index contributed by atoms with van der Waals surface area (Å²) in [4.78, 5) is 25.9. The van der Waals surface area contributed by atoms with Crippen LogP contribution in [0, 0.1) is 19.8 Å². The molecule has 0 unspecified atom stereocenters. The Morgan fingerprint density at radius 2 is 1.96 bits per heavy atom. The Balaban J connectivity index is 1.81. The van der Waals surface area contributed by atoms with Gasteiger partial charge in [0.25, 0.3) is 0 Å². The van der Waals surface area contributed by atoms with E-state index in [0.29, 0.717) is 32.5 Å². The van der Waals surface area contributed by atoms with E-state index in [9.17, 15) is 9.59 Å². The molecule has 0 atom stereocenters. The van der Waals surface area contributed by atoms with Gasteiger partial charge in [-0.3, -0.25) is 9.59 Å². The van der Waals surface area contributed by atoms with Crippen molar-refractivity contribution in [3.05, 3.63) is 29.3 Å². The highest BCUT2D eigenvalue weighted by atomic mass is 16.5. The number of hydrogen-bond acceptors (Lipinski definition) is 4. The lowest BCUT2D eigenvalue weighted by Gasteiger charge is -2.31. The van der Waals surface area contributed by atoms with E-state index >= 15 is 0 Å². The first-order valence-electron chi connectivity index (χ1n) is 8.27. The Bertz CT molecular complexity index is 563. The highest BCUT2D eigenvalue weighted by Gasteiger charge is 2.27. The molecule has 1 fully saturated rings. The van der Waals surface area contributed by atoms with Gasteiger partial charge in [0.15, 0.2) is 0 Å². The number of piperidine rings is 1. The number of nitrogens with zero attached hydrogens (tertiary/aromatic N) is 1. The number of likely N-dealkylation sites (tertiary alicyclic amines) is 1. The molecule has 1 aliphatic rings. The largest absolute Gasteiger partial charge is 0.466 e. The quantitative estimate of drug-likeness (QED) is 0.848. The lowest BCUT2D eigenvalue weighted by molar-refractivity contribution is -0.151. The summed E-state index contributed by atoms with van der Waals surface area (Å²) in [5.41, 5.74) is 3.37. The first kappa shape index (κ1) is 17.3. The molecule has 1 aromatic carbocycles. The third-order valence-corrected chi connectivity index (χ3v) is 4.50. The summed E-state index contributed by atoms with van der Waals surface area (Å²) in [5, 5.41) is 3.22. The standard InChI is InChI=1S/C18H26N2O3/c1-4-23-18(22)15-8-10-20(11-9-15)17(21)12-19-16-7-5-6-13(2)14(16)3/h5-7,15,19H,4,8-12H2,1-3H3. The second-order valence-corrected chi connectivity index (χ2v) is 6.01. The maximum absolute atomic E-state index is 12.3. The van der Waals surface area contributed by atoms with Crippen LogP contribution in [0.3, 0.4) is 0 Å². The first-order valence-corrected chi connectivity index (χ1v) is 8.27. The molecule has 0 aliphatic carbocycles. The molecule has 0 spiro atoms. The zero-order valence-electron chi connectivity index (χ0n) is 14.2. The zero-order chi connectivity index (χ0) is 16.8. The van der Waals surface area contributed by atoms with Gasteiger partial charge in [0.1, 0.15) is 0 Å². The Morgan fingerprint density at radius 3 is 2.61 bits per heavy atom. The molecule has 1 N–H and O–H groups in total. The third kappa shape index (κ3) is 4.47. The number of carbonyl (C=O) groups excluding carboxylic acids is 2. The van der Waals surface area contributed by atoms with Gasteiger partial charge < -0.3 is 15.0 Å². The molecule has 0 saturated carbocycles. The van der Waals surface area contributed by atoms with Crippen molar-refractivity contribution in [2.45, 2.75) is 33.6 Å². The van der Waals surface area contributed by atoms with Gasteiger partial charge in [-0.25, -0.2) is 0 Å². The second-order valence-electron chi connectivity index (χ2n) is 6.01. The number of amides is 1. The molecular weight excluding hydrogens is 292 g/mol. The number of esters is 1. The summed E-state index contributed by atoms with van der Waals surface area (Å²) < 4.78 is 5.05. The predicted octanol–water partition coefficient (Wildman–Crippen LogP) is 2.52. The fourth-order valence-electron chi connectivity index (χ4n) is 2.85. The van der Waals surface area contributed by atoms with E-state index in [4.69, 9.17) is 4.74 Å². The zero-order valence-corrected chi connectivity index (χ0v) is 14.2. The van der Waals surface area contributed by atoms with Crippen LogP contribution in [0.4, 0.5) is 5.69 Å². The lowest BCUT2D eigenvalue weighted by atomic mass is 9.97. The number of aryl methyl sites for hydroxylation is 1. The normalized spacial score (nSPS) is 15.3. The van der Waals surface area contributed by atoms with Crippen LogP contribution in [0.2, 0.25) is 0 Å². The predicted molar refractivity (Wildman–Crippen MR) is 90.3 cm³/mol. The van der Waals surface area contributed by atoms with Crippen LogP contribution in [0.25, 0.3) is 0 Å². The van der Waals surface area contributed by atoms with E-state index in [1.54, 1.807) is 0 Å². The highest BCUT2D eigenvalue weighted by Crippen LogP contribution is 2.20. The SMILES string of the molecule is CCOC(=O)C1CCN(C(=O)CNc2cccc(C)c2C)CC1. The molecule has 0 aromatic heterocycles. The van der Waals surface area contributed by atoms with Crippen molar-refractivity contribution in [2.24, 2.45) is 5.92 Å². The summed E-state index contributed by atoms with van der Waals surface area (Å²) >= 11 is 0. The Kier molecular flexibility index (Phi) is 6.02. The van der Waals surface area contributed by atoms with E-state index < -0.39 is 0 Å². The van der Waals surface area contributed by atoms with Crippen LogP contribution in [-0.2, 0) is 14.3 Å². The van der Waals surface area contributed by atoms with E-state index in [2.05, 4.69) is 18.3 Å². The molecule has 2 rings (SSSR count). The monoisotopic (exact) mass is 318 g/mol. The van der Waals surface area contributed by atoms with Crippen LogP contribution in [-0.4, -0.2) is 43.0 Å². The van der Waals surface area contributed by atoms with Crippen LogP contribution < -0.4 is 5.32 Å². The number of nitrogens with one attached hydrogen (secondary N) is 1. The summed E-state index contributed by atoms with van der Waals surface area (Å²) in [6.07, 6.45) is 1.38. The minimum Gasteiger partial charge on any atom is -0.466 e. The molecule has 126 valence electrons. The Morgan fingerprint density at radius 1 is 1.26 bits per heavy atom. The van der Waals surface area contributed by atoms with Gasteiger partial charge in [0.05, 0.1) is 19.1 Å². The minimum absolute atomic E-state index is 0.0639. The molecule has 0 bridgehead atoms. The molecule has 1 aromatic rings. The highest BCUT2D eigenvalue weighted by molar-refractivity contribution is 5.81. The maximum atomic E-state index is 12.3. The molecule has 1 aliphatic heterocycles. The first-order chi connectivity index (χ1) is 11.0. The number of hydrogen-bond donors (Lipinski definition) is 1. The van der Waals surface area contributed by atoms with E-state index in [-0.39, 0.29) is 24.3 Å². The summed E-state index contributed by atoms with van der Waals surface area (Å²) in [6.45, 7) is 7.87. The number of carbonyl (C=O) groups is 2. The average molecular weight is 318 g/mol. The third-order valence-electron chi connectivity index (χ3n) is 4.50. The topological polar surface area (TPSA) is 58.6 Å². The number of benzene rings is 1. The summed E-state index contributed by atoms with van der Waals surface area (Å²) in [6, 6.07) is 6.03. The van der Waals surface area contributed by atoms with E-state index in [0.717, 1.165) is 5.69 Å². The smallest absolute Gasteiger partial charge is 0.309 e. The Labute approximate surface area is 138 Å². The minimum atomic E-state index is -0.131. The summed E-state index contributed by atoms with van der Waals surface area (Å²) in [5.74, 6) is -0.118. The summed E-state index contributed by atoms with van der Waals surface area (Å²) in [7, 11) is 0. The van der Waals surface area contributed by atoms with Gasteiger partial charge in [0.2, 0.25) is 5.91 Å². The lowest BCUT2D eigenvalue weighted by Crippen LogP contribution is -2.43. The molecule has 0 radical (unpaired) electrons. The van der Waals surface area contributed by atoms with Crippen molar-refractivity contribution in [3.63, 3.8) is 0 Å². The van der Waals surface area contributed by atoms with Crippen molar-refractivity contribution in [3.8, 4) is 0 Å². The fraction of sp³-hybridized carbons (Fsp3) is 0.556. The Hall–Kier alpha value is -2.04. The van der Waals surface area contributed by atoms with Crippen LogP contribution >= 0.6 is 0 Å². The second kappa shape index (κ2) is 7.99. The molecule has 1 heterocycles. The van der Waals surface area contributed by atoms with E-state index in [1.807, 2.05) is 30.9 Å². The van der Waals surface area contributed by atoms with Crippen LogP contribution in [0.5, 0.6) is 0 Å². The van der Waals surface area contributed by atoms with Gasteiger partial charge in [0, 0.05) is 18.8 Å². The molecule has 5 heteroatoms. The number of rotatable bonds is 5. The fourth-order valence-corrected chi connectivity index (χ4v) is 2.85. The average Bonchev–Trinajstić information content (AvgIpc) is 2.56. The van der Waals surface area contributed by atoms with Crippen molar-refractivity contribution >= 4 is 17.6 Å². The van der Waals surface area contributed by atoms with Crippen molar-refractivity contribution < 1.29 is 14.3 Å². The van der Waals surface area contributed by atoms with Crippen molar-refractivity contribution in [1.82, 2.24) is 4.90 Å². The number of anilines is 1. The number of ether oxygens (including phenoxy) is 1. The van der Waals surface area contributed by atoms with Crippen molar-refractivity contribution in [2.75, 3.05) is 31.6 Å². The van der Waals surface area contributed by atoms with E-state index in [1.165, 1.54) is 11.1 Å². The van der Waals surface area contributed by atoms with Gasteiger partial charge >= 0.3 is 5.97 Å². The molecule has 23 heavy (non-hydrogen) atoms. The van der Waals surface area contributed by atoms with Crippen LogP contribution in [0.15, 0.2) is 18.2 Å². The van der Waals surface area contributed by atoms with Gasteiger partial charge in [-0.05, 0) is 50.8 Å². The van der Waals surface area contributed by atoms with Crippen LogP contribution in [0.1, 0.15) is 30.9 Å². The maximum Gasteiger partial charge on any atom is 0.309 e. The van der Waals surface area contributed by atoms with Gasteiger partial charge in [-0.15, -0.1) is 0 Å². The van der Waals surface area contributed by atoms with Crippen molar-refractivity contribution in [1.29, 1.82) is 0 Å². The molecule has 1 amide bonds. The molecular formula is C18H26N2O3. The molecule has 1 saturated heterocycles. The van der Waals surface area contributed by atoms with Gasteiger partial charge in [-0.2, -0.15) is 0 Å². The molecule has 5 nitrogen and oxygen atoms in total.